The summed E-state index contributed by atoms with van der Waals surface area (Å²) in [5.41, 5.74) is 0.383. The Hall–Kier alpha value is -1.06. The number of rotatable bonds is 5. The molecule has 0 heterocycles. The van der Waals surface area contributed by atoms with Crippen LogP contribution in [0.25, 0.3) is 0 Å². The SMILES string of the molecule is CC(C)OCCOC(=O)c1ccccc1Cl. The lowest BCUT2D eigenvalue weighted by Gasteiger charge is -2.08. The highest BCUT2D eigenvalue weighted by Gasteiger charge is 2.10. The third-order valence-electron chi connectivity index (χ3n) is 1.86. The first kappa shape index (κ1) is 13.0. The number of hydrogen-bond acceptors (Lipinski definition) is 3. The van der Waals surface area contributed by atoms with E-state index in [1.807, 2.05) is 13.8 Å². The van der Waals surface area contributed by atoms with Crippen molar-refractivity contribution < 1.29 is 14.3 Å². The molecule has 0 aliphatic rings. The van der Waals surface area contributed by atoms with Gasteiger partial charge in [-0.2, -0.15) is 0 Å². The van der Waals surface area contributed by atoms with Crippen molar-refractivity contribution in [3.8, 4) is 0 Å². The quantitative estimate of drug-likeness (QED) is 0.588. The summed E-state index contributed by atoms with van der Waals surface area (Å²) in [7, 11) is 0. The first-order valence-corrected chi connectivity index (χ1v) is 5.52. The molecule has 88 valence electrons. The molecule has 0 aliphatic carbocycles. The zero-order valence-electron chi connectivity index (χ0n) is 9.40. The molecule has 1 rings (SSSR count). The second-order valence-corrected chi connectivity index (χ2v) is 3.94. The van der Waals surface area contributed by atoms with Gasteiger partial charge in [0.1, 0.15) is 6.61 Å². The lowest BCUT2D eigenvalue weighted by Crippen LogP contribution is -2.13. The fourth-order valence-corrected chi connectivity index (χ4v) is 1.34. The molecule has 4 heteroatoms. The fourth-order valence-electron chi connectivity index (χ4n) is 1.12. The molecular weight excluding hydrogens is 228 g/mol. The van der Waals surface area contributed by atoms with E-state index in [4.69, 9.17) is 21.1 Å². The van der Waals surface area contributed by atoms with Crippen molar-refractivity contribution in [3.63, 3.8) is 0 Å². The van der Waals surface area contributed by atoms with Crippen molar-refractivity contribution in [2.75, 3.05) is 13.2 Å². The molecule has 1 aromatic rings. The van der Waals surface area contributed by atoms with Crippen LogP contribution >= 0.6 is 11.6 Å². The average Bonchev–Trinajstić information content (AvgIpc) is 2.24. The van der Waals surface area contributed by atoms with Crippen LogP contribution in [0.3, 0.4) is 0 Å². The maximum atomic E-state index is 11.5. The van der Waals surface area contributed by atoms with Crippen LogP contribution in [0.1, 0.15) is 24.2 Å². The molecule has 0 radical (unpaired) electrons. The first-order chi connectivity index (χ1) is 7.61. The van der Waals surface area contributed by atoms with E-state index in [1.165, 1.54) is 0 Å². The third kappa shape index (κ3) is 4.21. The zero-order chi connectivity index (χ0) is 12.0. The number of esters is 1. The van der Waals surface area contributed by atoms with E-state index in [1.54, 1.807) is 24.3 Å². The Morgan fingerprint density at radius 3 is 2.62 bits per heavy atom. The van der Waals surface area contributed by atoms with E-state index in [0.29, 0.717) is 17.2 Å². The molecule has 0 fully saturated rings. The van der Waals surface area contributed by atoms with Crippen LogP contribution in [0.15, 0.2) is 24.3 Å². The molecule has 0 aromatic heterocycles. The molecule has 0 bridgehead atoms. The van der Waals surface area contributed by atoms with Crippen molar-refractivity contribution in [2.45, 2.75) is 20.0 Å². The van der Waals surface area contributed by atoms with E-state index in [-0.39, 0.29) is 12.7 Å². The van der Waals surface area contributed by atoms with Gasteiger partial charge in [0.2, 0.25) is 0 Å². The van der Waals surface area contributed by atoms with Crippen LogP contribution in [-0.4, -0.2) is 25.3 Å². The minimum Gasteiger partial charge on any atom is -0.460 e. The van der Waals surface area contributed by atoms with Gasteiger partial charge in [-0.3, -0.25) is 0 Å². The Labute approximate surface area is 100 Å². The highest BCUT2D eigenvalue weighted by Crippen LogP contribution is 2.15. The molecule has 0 atom stereocenters. The zero-order valence-corrected chi connectivity index (χ0v) is 10.2. The van der Waals surface area contributed by atoms with Gasteiger partial charge < -0.3 is 9.47 Å². The van der Waals surface area contributed by atoms with Crippen molar-refractivity contribution in [2.24, 2.45) is 0 Å². The average molecular weight is 243 g/mol. The summed E-state index contributed by atoms with van der Waals surface area (Å²) < 4.78 is 10.3. The Balaban J connectivity index is 2.39. The van der Waals surface area contributed by atoms with Gasteiger partial charge in [-0.1, -0.05) is 23.7 Å². The summed E-state index contributed by atoms with van der Waals surface area (Å²) in [5, 5.41) is 0.400. The van der Waals surface area contributed by atoms with Crippen LogP contribution in [0.2, 0.25) is 5.02 Å². The van der Waals surface area contributed by atoms with E-state index in [0.717, 1.165) is 0 Å². The summed E-state index contributed by atoms with van der Waals surface area (Å²) in [6, 6.07) is 6.80. The van der Waals surface area contributed by atoms with Crippen LogP contribution < -0.4 is 0 Å². The monoisotopic (exact) mass is 242 g/mol. The van der Waals surface area contributed by atoms with Gasteiger partial charge >= 0.3 is 5.97 Å². The summed E-state index contributed by atoms with van der Waals surface area (Å²) in [5.74, 6) is -0.419. The van der Waals surface area contributed by atoms with Crippen molar-refractivity contribution in [1.82, 2.24) is 0 Å². The summed E-state index contributed by atoms with van der Waals surface area (Å²) in [4.78, 5) is 11.5. The lowest BCUT2D eigenvalue weighted by atomic mass is 10.2. The molecule has 0 unspecified atom stereocenters. The Kier molecular flexibility index (Phi) is 5.29. The van der Waals surface area contributed by atoms with Crippen LogP contribution in [0.4, 0.5) is 0 Å². The Bertz CT molecular complexity index is 350. The molecule has 16 heavy (non-hydrogen) atoms. The normalized spacial score (nSPS) is 10.5. The van der Waals surface area contributed by atoms with Gasteiger partial charge in [-0.05, 0) is 26.0 Å². The lowest BCUT2D eigenvalue weighted by molar-refractivity contribution is 0.0177. The van der Waals surface area contributed by atoms with Crippen molar-refractivity contribution in [1.29, 1.82) is 0 Å². The largest absolute Gasteiger partial charge is 0.460 e. The van der Waals surface area contributed by atoms with E-state index < -0.39 is 5.97 Å². The highest BCUT2D eigenvalue weighted by molar-refractivity contribution is 6.33. The highest BCUT2D eigenvalue weighted by atomic mass is 35.5. The van der Waals surface area contributed by atoms with Gasteiger partial charge in [0, 0.05) is 0 Å². The van der Waals surface area contributed by atoms with Gasteiger partial charge in [0.05, 0.1) is 23.3 Å². The molecule has 0 saturated carbocycles. The van der Waals surface area contributed by atoms with Crippen LogP contribution in [0.5, 0.6) is 0 Å². The number of halogens is 1. The summed E-state index contributed by atoms with van der Waals surface area (Å²) in [6.45, 7) is 4.49. The maximum absolute atomic E-state index is 11.5. The summed E-state index contributed by atoms with van der Waals surface area (Å²) >= 11 is 5.85. The standard InChI is InChI=1S/C12H15ClO3/c1-9(2)15-7-8-16-12(14)10-5-3-4-6-11(10)13/h3-6,9H,7-8H2,1-2H3. The van der Waals surface area contributed by atoms with Crippen LogP contribution in [0, 0.1) is 0 Å². The number of carbonyl (C=O) groups is 1. The van der Waals surface area contributed by atoms with E-state index >= 15 is 0 Å². The number of hydrogen-bond donors (Lipinski definition) is 0. The molecule has 0 saturated heterocycles. The van der Waals surface area contributed by atoms with E-state index in [2.05, 4.69) is 0 Å². The number of carbonyl (C=O) groups excluding carboxylic acids is 1. The molecule has 3 nitrogen and oxygen atoms in total. The molecular formula is C12H15ClO3. The van der Waals surface area contributed by atoms with Crippen LogP contribution in [-0.2, 0) is 9.47 Å². The molecule has 1 aromatic carbocycles. The minimum absolute atomic E-state index is 0.138. The second-order valence-electron chi connectivity index (χ2n) is 3.54. The second kappa shape index (κ2) is 6.51. The number of benzene rings is 1. The summed E-state index contributed by atoms with van der Waals surface area (Å²) in [6.07, 6.45) is 0.138. The molecule has 0 spiro atoms. The van der Waals surface area contributed by atoms with E-state index in [9.17, 15) is 4.79 Å². The molecule has 0 aliphatic heterocycles. The van der Waals surface area contributed by atoms with Gasteiger partial charge in [-0.15, -0.1) is 0 Å². The van der Waals surface area contributed by atoms with Gasteiger partial charge in [0.15, 0.2) is 0 Å². The Morgan fingerprint density at radius 1 is 1.31 bits per heavy atom. The first-order valence-electron chi connectivity index (χ1n) is 5.14. The van der Waals surface area contributed by atoms with Crippen molar-refractivity contribution >= 4 is 17.6 Å². The van der Waals surface area contributed by atoms with Gasteiger partial charge in [-0.25, -0.2) is 4.79 Å². The Morgan fingerprint density at radius 2 is 2.00 bits per heavy atom. The topological polar surface area (TPSA) is 35.5 Å². The maximum Gasteiger partial charge on any atom is 0.339 e. The molecule has 0 N–H and O–H groups in total. The smallest absolute Gasteiger partial charge is 0.339 e. The fraction of sp³-hybridized carbons (Fsp3) is 0.417. The molecule has 0 amide bonds. The predicted molar refractivity (Wildman–Crippen MR) is 62.8 cm³/mol. The van der Waals surface area contributed by atoms with Gasteiger partial charge in [0.25, 0.3) is 0 Å². The third-order valence-corrected chi connectivity index (χ3v) is 2.19. The minimum atomic E-state index is -0.419. The predicted octanol–water partition coefficient (Wildman–Crippen LogP) is 2.92. The van der Waals surface area contributed by atoms with Crippen molar-refractivity contribution in [3.05, 3.63) is 34.9 Å². The number of ether oxygens (including phenoxy) is 2.